The lowest BCUT2D eigenvalue weighted by molar-refractivity contribution is -0.107. The van der Waals surface area contributed by atoms with Gasteiger partial charge < -0.3 is 9.47 Å². The highest BCUT2D eigenvalue weighted by atomic mass is 35.5. The first-order valence-electron chi connectivity index (χ1n) is 6.16. The van der Waals surface area contributed by atoms with Crippen molar-refractivity contribution in [3.8, 4) is 11.5 Å². The quantitative estimate of drug-likeness (QED) is 0.771. The fraction of sp³-hybridized carbons (Fsp3) is 0.286. The molecule has 0 saturated heterocycles. The first kappa shape index (κ1) is 16.3. The Morgan fingerprint density at radius 2 is 2.14 bits per heavy atom. The lowest BCUT2D eigenvalue weighted by atomic mass is 10.1. The van der Waals surface area contributed by atoms with Gasteiger partial charge in [-0.15, -0.1) is 0 Å². The number of nitrogens with zero attached hydrogens (tertiary/aromatic N) is 1. The first-order chi connectivity index (χ1) is 10.1. The van der Waals surface area contributed by atoms with Gasteiger partial charge in [-0.2, -0.15) is 0 Å². The van der Waals surface area contributed by atoms with Gasteiger partial charge in [-0.05, 0) is 41.3 Å². The van der Waals surface area contributed by atoms with Crippen molar-refractivity contribution in [2.45, 2.75) is 6.92 Å². The van der Waals surface area contributed by atoms with Crippen LogP contribution in [-0.2, 0) is 4.79 Å². The van der Waals surface area contributed by atoms with Gasteiger partial charge in [0.25, 0.3) is 0 Å². The number of hydrogen-bond donors (Lipinski definition) is 0. The summed E-state index contributed by atoms with van der Waals surface area (Å²) in [6.07, 6.45) is 1.70. The highest BCUT2D eigenvalue weighted by Crippen LogP contribution is 2.37. The molecule has 4 nitrogen and oxygen atoms in total. The maximum absolute atomic E-state index is 11.9. The minimum absolute atomic E-state index is 0.0585. The molecule has 0 fully saturated rings. The molecule has 0 bridgehead atoms. The second kappa shape index (κ2) is 7.24. The van der Waals surface area contributed by atoms with E-state index in [1.54, 1.807) is 30.0 Å². The molecule has 1 aromatic rings. The van der Waals surface area contributed by atoms with Crippen LogP contribution in [0.1, 0.15) is 12.5 Å². The van der Waals surface area contributed by atoms with Crippen LogP contribution in [-0.4, -0.2) is 29.5 Å². The summed E-state index contributed by atoms with van der Waals surface area (Å²) in [6.45, 7) is 2.02. The van der Waals surface area contributed by atoms with Crippen molar-refractivity contribution < 1.29 is 14.3 Å². The van der Waals surface area contributed by atoms with Crippen molar-refractivity contribution in [3.63, 3.8) is 0 Å². The van der Waals surface area contributed by atoms with Crippen molar-refractivity contribution in [2.75, 3.05) is 20.0 Å². The van der Waals surface area contributed by atoms with Crippen molar-refractivity contribution >= 4 is 50.7 Å². The third kappa shape index (κ3) is 3.75. The van der Waals surface area contributed by atoms with Gasteiger partial charge in [-0.25, -0.2) is 4.99 Å². The van der Waals surface area contributed by atoms with Crippen LogP contribution < -0.4 is 9.47 Å². The summed E-state index contributed by atoms with van der Waals surface area (Å²) in [6, 6.07) is 3.48. The topological polar surface area (TPSA) is 47.9 Å². The number of ether oxygens (including phenoxy) is 2. The molecular weight excluding hydrogens is 330 g/mol. The number of rotatable bonds is 4. The molecule has 0 aromatic heterocycles. The molecule has 0 amide bonds. The van der Waals surface area contributed by atoms with E-state index in [0.717, 1.165) is 27.5 Å². The van der Waals surface area contributed by atoms with E-state index in [9.17, 15) is 4.79 Å². The smallest absolute Gasteiger partial charge is 0.244 e. The van der Waals surface area contributed by atoms with Crippen LogP contribution in [0.4, 0.5) is 0 Å². The summed E-state index contributed by atoms with van der Waals surface area (Å²) >= 11 is 8.86. The monoisotopic (exact) mass is 343 g/mol. The Hall–Kier alpha value is -1.11. The van der Waals surface area contributed by atoms with Gasteiger partial charge in [0.05, 0.1) is 19.2 Å². The van der Waals surface area contributed by atoms with Crippen LogP contribution in [0, 0.1) is 0 Å². The summed E-state index contributed by atoms with van der Waals surface area (Å²) in [5, 5.41) is 0.366. The first-order valence-corrected chi connectivity index (χ1v) is 8.34. The molecule has 0 spiro atoms. The Kier molecular flexibility index (Phi) is 5.61. The largest absolute Gasteiger partial charge is 0.493 e. The predicted octanol–water partition coefficient (Wildman–Crippen LogP) is 4.08. The lowest BCUT2D eigenvalue weighted by Gasteiger charge is -2.10. The normalized spacial score (nSPS) is 16.3. The lowest BCUT2D eigenvalue weighted by Crippen LogP contribution is -1.93. The summed E-state index contributed by atoms with van der Waals surface area (Å²) in [7, 11) is 3.06. The third-order valence-corrected chi connectivity index (χ3v) is 4.80. The molecule has 1 heterocycles. The number of carbonyl (C=O) groups excluding carboxylic acids is 1. The molecule has 0 aliphatic carbocycles. The van der Waals surface area contributed by atoms with E-state index in [-0.39, 0.29) is 5.12 Å². The fourth-order valence-electron chi connectivity index (χ4n) is 1.75. The SMILES string of the molecule is CCSC1=N/C(=C\c2cc(Cl)c(OC)c(OC)c2)C(=O)S1. The Labute approximate surface area is 136 Å². The number of methoxy groups -OCH3 is 2. The number of carbonyl (C=O) groups is 1. The van der Waals surface area contributed by atoms with Gasteiger partial charge in [0.15, 0.2) is 11.5 Å². The zero-order valence-corrected chi connectivity index (χ0v) is 14.2. The van der Waals surface area contributed by atoms with Gasteiger partial charge in [-0.3, -0.25) is 4.79 Å². The molecular formula is C14H14ClNO3S2. The van der Waals surface area contributed by atoms with Gasteiger partial charge >= 0.3 is 0 Å². The summed E-state index contributed by atoms with van der Waals surface area (Å²) in [5.41, 5.74) is 1.16. The Morgan fingerprint density at radius 3 is 2.76 bits per heavy atom. The van der Waals surface area contributed by atoms with Crippen LogP contribution in [0.3, 0.4) is 0 Å². The summed E-state index contributed by atoms with van der Waals surface area (Å²) < 4.78 is 11.2. The van der Waals surface area contributed by atoms with Gasteiger partial charge in [-0.1, -0.05) is 30.3 Å². The zero-order valence-electron chi connectivity index (χ0n) is 11.8. The molecule has 0 N–H and O–H groups in total. The molecule has 1 aromatic carbocycles. The number of halogens is 1. The molecule has 0 saturated carbocycles. The van der Waals surface area contributed by atoms with E-state index in [1.165, 1.54) is 14.2 Å². The minimum atomic E-state index is -0.0585. The van der Waals surface area contributed by atoms with E-state index >= 15 is 0 Å². The zero-order chi connectivity index (χ0) is 15.4. The molecule has 7 heteroatoms. The van der Waals surface area contributed by atoms with Crippen LogP contribution in [0.5, 0.6) is 11.5 Å². The van der Waals surface area contributed by atoms with Crippen molar-refractivity contribution in [3.05, 3.63) is 28.4 Å². The average Bonchev–Trinajstić information content (AvgIpc) is 2.78. The molecule has 0 atom stereocenters. The highest BCUT2D eigenvalue weighted by molar-refractivity contribution is 8.45. The van der Waals surface area contributed by atoms with E-state index < -0.39 is 0 Å². The van der Waals surface area contributed by atoms with E-state index in [4.69, 9.17) is 21.1 Å². The van der Waals surface area contributed by atoms with Crippen LogP contribution in [0.15, 0.2) is 22.8 Å². The second-order valence-electron chi connectivity index (χ2n) is 3.97. The van der Waals surface area contributed by atoms with Crippen molar-refractivity contribution in [1.29, 1.82) is 0 Å². The van der Waals surface area contributed by atoms with Gasteiger partial charge in [0.2, 0.25) is 5.12 Å². The van der Waals surface area contributed by atoms with Crippen LogP contribution in [0.2, 0.25) is 5.02 Å². The molecule has 2 rings (SSSR count). The van der Waals surface area contributed by atoms with Crippen molar-refractivity contribution in [1.82, 2.24) is 0 Å². The molecule has 0 radical (unpaired) electrons. The van der Waals surface area contributed by atoms with Gasteiger partial charge in [0, 0.05) is 0 Å². The van der Waals surface area contributed by atoms with E-state index in [1.807, 2.05) is 6.92 Å². The van der Waals surface area contributed by atoms with Crippen molar-refractivity contribution in [2.24, 2.45) is 4.99 Å². The average molecular weight is 344 g/mol. The third-order valence-electron chi connectivity index (χ3n) is 2.63. The molecule has 1 aliphatic heterocycles. The maximum atomic E-state index is 11.9. The highest BCUT2D eigenvalue weighted by Gasteiger charge is 2.22. The summed E-state index contributed by atoms with van der Waals surface area (Å²) in [4.78, 5) is 16.2. The number of hydrogen-bond acceptors (Lipinski definition) is 6. The van der Waals surface area contributed by atoms with Crippen LogP contribution in [0.25, 0.3) is 6.08 Å². The van der Waals surface area contributed by atoms with Crippen LogP contribution >= 0.6 is 35.1 Å². The van der Waals surface area contributed by atoms with Gasteiger partial charge in [0.1, 0.15) is 10.1 Å². The summed E-state index contributed by atoms with van der Waals surface area (Å²) in [5.74, 6) is 1.87. The molecule has 21 heavy (non-hydrogen) atoms. The standard InChI is InChI=1S/C14H14ClNO3S2/c1-4-20-14-16-10(13(17)21-14)6-8-5-9(15)12(19-3)11(7-8)18-2/h5-7H,4H2,1-3H3/b10-6-. The molecule has 1 aliphatic rings. The van der Waals surface area contributed by atoms with E-state index in [2.05, 4.69) is 4.99 Å². The number of aliphatic imine (C=N–C) groups is 1. The Morgan fingerprint density at radius 1 is 1.38 bits per heavy atom. The fourth-order valence-corrected chi connectivity index (χ4v) is 3.79. The minimum Gasteiger partial charge on any atom is -0.493 e. The Balaban J connectivity index is 2.37. The number of benzene rings is 1. The number of thioether (sulfide) groups is 2. The maximum Gasteiger partial charge on any atom is 0.244 e. The Bertz CT molecular complexity index is 629. The second-order valence-corrected chi connectivity index (χ2v) is 6.85. The molecule has 112 valence electrons. The molecule has 0 unspecified atom stereocenters. The van der Waals surface area contributed by atoms with E-state index in [0.29, 0.717) is 22.2 Å². The predicted molar refractivity (Wildman–Crippen MR) is 90.7 cm³/mol.